The van der Waals surface area contributed by atoms with Crippen LogP contribution in [0, 0.1) is 16.0 Å². The van der Waals surface area contributed by atoms with Gasteiger partial charge in [0.25, 0.3) is 11.6 Å². The Balaban J connectivity index is 2.03. The minimum Gasteiger partial charge on any atom is -0.464 e. The Bertz CT molecular complexity index is 773. The van der Waals surface area contributed by atoms with Crippen molar-refractivity contribution < 1.29 is 24.0 Å². The lowest BCUT2D eigenvalue weighted by Crippen LogP contribution is -2.36. The molecule has 3 rings (SSSR count). The molecule has 0 spiro atoms. The van der Waals surface area contributed by atoms with Crippen molar-refractivity contribution in [1.82, 2.24) is 5.43 Å². The molecule has 10 nitrogen and oxygen atoms in total. The van der Waals surface area contributed by atoms with Gasteiger partial charge in [0.05, 0.1) is 12.0 Å². The summed E-state index contributed by atoms with van der Waals surface area (Å²) >= 11 is 0. The van der Waals surface area contributed by atoms with Gasteiger partial charge in [0, 0.05) is 6.07 Å². The number of nitrogens with zero attached hydrogens (tertiary/aromatic N) is 3. The minimum absolute atomic E-state index is 0.145. The number of carbonyl (C=O) groups excluding carboxylic acids is 3. The summed E-state index contributed by atoms with van der Waals surface area (Å²) in [6.07, 6.45) is 0. The first-order valence-electron chi connectivity index (χ1n) is 6.50. The summed E-state index contributed by atoms with van der Waals surface area (Å²) in [6, 6.07) is 4.31. The molecule has 0 aromatic heterocycles. The van der Waals surface area contributed by atoms with Gasteiger partial charge in [0.1, 0.15) is 17.6 Å². The van der Waals surface area contributed by atoms with Crippen molar-refractivity contribution in [3.63, 3.8) is 0 Å². The molecule has 0 bridgehead atoms. The number of nitro groups is 1. The van der Waals surface area contributed by atoms with Gasteiger partial charge in [-0.25, -0.2) is 9.69 Å². The zero-order valence-electron chi connectivity index (χ0n) is 11.8. The van der Waals surface area contributed by atoms with Gasteiger partial charge in [-0.2, -0.15) is 5.10 Å². The third kappa shape index (κ3) is 2.03. The highest BCUT2D eigenvalue weighted by atomic mass is 16.6. The number of fused-ring (bicyclic) bond motifs is 1. The molecule has 0 aliphatic carbocycles. The molecule has 2 aliphatic rings. The van der Waals surface area contributed by atoms with Gasteiger partial charge in [0.2, 0.25) is 5.91 Å². The first-order valence-corrected chi connectivity index (χ1v) is 6.50. The number of carbonyl (C=O) groups is 3. The number of hydrazone groups is 1. The highest BCUT2D eigenvalue weighted by Crippen LogP contribution is 2.35. The van der Waals surface area contributed by atoms with Crippen molar-refractivity contribution >= 4 is 34.9 Å². The molecule has 1 N–H and O–H groups in total. The van der Waals surface area contributed by atoms with Crippen LogP contribution >= 0.6 is 0 Å². The molecule has 2 aliphatic heterocycles. The monoisotopic (exact) mass is 318 g/mol. The minimum atomic E-state index is -1.16. The maximum Gasteiger partial charge on any atom is 0.355 e. The summed E-state index contributed by atoms with van der Waals surface area (Å²) in [4.78, 5) is 47.7. The number of nitrogens with one attached hydrogen (secondary N) is 1. The topological polar surface area (TPSA) is 131 Å². The molecular formula is C13H10N4O6. The number of imide groups is 1. The number of nitro benzene ring substituents is 1. The number of para-hydroxylation sites is 2. The standard InChI is InChI=1S/C13H10N4O6/c1-23-13(20)10-8-9(14-15-10)12(19)16(11(8)18)6-4-2-3-5-7(6)17(21)22/h2-5,8-9,14H,1H3/t8-,9+/m0/s1. The lowest BCUT2D eigenvalue weighted by Gasteiger charge is -2.15. The van der Waals surface area contributed by atoms with Gasteiger partial charge >= 0.3 is 5.97 Å². The predicted octanol–water partition coefficient (Wildman–Crippen LogP) is -0.415. The zero-order valence-corrected chi connectivity index (χ0v) is 11.8. The summed E-state index contributed by atoms with van der Waals surface area (Å²) in [7, 11) is 1.12. The molecule has 2 atom stereocenters. The number of amides is 2. The number of esters is 1. The van der Waals surface area contributed by atoms with E-state index in [0.29, 0.717) is 4.90 Å². The number of ether oxygens (including phenoxy) is 1. The fourth-order valence-corrected chi connectivity index (χ4v) is 2.61. The van der Waals surface area contributed by atoms with E-state index in [1.165, 1.54) is 24.3 Å². The Kier molecular flexibility index (Phi) is 3.28. The molecule has 2 heterocycles. The second-order valence-corrected chi connectivity index (χ2v) is 4.83. The van der Waals surface area contributed by atoms with Crippen molar-refractivity contribution in [3.8, 4) is 0 Å². The number of methoxy groups -OCH3 is 1. The van der Waals surface area contributed by atoms with Crippen LogP contribution in [0.15, 0.2) is 29.4 Å². The third-order valence-corrected chi connectivity index (χ3v) is 3.64. The van der Waals surface area contributed by atoms with E-state index < -0.39 is 34.7 Å². The SMILES string of the molecule is COC(=O)C1=NN[C@H]2C(=O)N(c3ccccc3[N+](=O)[O-])C(=O)[C@H]12. The molecule has 0 saturated carbocycles. The molecule has 1 aromatic rings. The molecule has 0 radical (unpaired) electrons. The summed E-state index contributed by atoms with van der Waals surface area (Å²) in [6.45, 7) is 0. The summed E-state index contributed by atoms with van der Waals surface area (Å²) in [5.41, 5.74) is 1.66. The van der Waals surface area contributed by atoms with Crippen molar-refractivity contribution in [2.45, 2.75) is 6.04 Å². The Hall–Kier alpha value is -3.30. The van der Waals surface area contributed by atoms with Crippen LogP contribution in [0.3, 0.4) is 0 Å². The van der Waals surface area contributed by atoms with Crippen molar-refractivity contribution in [3.05, 3.63) is 34.4 Å². The van der Waals surface area contributed by atoms with Crippen molar-refractivity contribution in [2.75, 3.05) is 12.0 Å². The average molecular weight is 318 g/mol. The quantitative estimate of drug-likeness (QED) is 0.346. The number of benzene rings is 1. The van der Waals surface area contributed by atoms with Crippen LogP contribution in [-0.4, -0.2) is 41.6 Å². The van der Waals surface area contributed by atoms with Crippen LogP contribution in [0.1, 0.15) is 0 Å². The maximum absolute atomic E-state index is 12.6. The number of rotatable bonds is 3. The predicted molar refractivity (Wildman–Crippen MR) is 75.5 cm³/mol. The second kappa shape index (κ2) is 5.16. The van der Waals surface area contributed by atoms with Gasteiger partial charge in [-0.15, -0.1) is 0 Å². The summed E-state index contributed by atoms with van der Waals surface area (Å²) in [5.74, 6) is -3.47. The second-order valence-electron chi connectivity index (χ2n) is 4.83. The molecule has 0 unspecified atom stereocenters. The Morgan fingerprint density at radius 1 is 1.35 bits per heavy atom. The van der Waals surface area contributed by atoms with Crippen LogP contribution in [0.5, 0.6) is 0 Å². The van der Waals surface area contributed by atoms with Gasteiger partial charge < -0.3 is 4.74 Å². The Morgan fingerprint density at radius 2 is 2.04 bits per heavy atom. The molecule has 23 heavy (non-hydrogen) atoms. The first kappa shape index (κ1) is 14.6. The van der Waals surface area contributed by atoms with E-state index >= 15 is 0 Å². The molecule has 1 fully saturated rings. The lowest BCUT2D eigenvalue weighted by molar-refractivity contribution is -0.384. The van der Waals surface area contributed by atoms with Crippen LogP contribution in [0.2, 0.25) is 0 Å². The first-order chi connectivity index (χ1) is 11.0. The highest BCUT2D eigenvalue weighted by Gasteiger charge is 2.56. The van der Waals surface area contributed by atoms with E-state index in [0.717, 1.165) is 7.11 Å². The number of anilines is 1. The van der Waals surface area contributed by atoms with Crippen LogP contribution in [0.4, 0.5) is 11.4 Å². The van der Waals surface area contributed by atoms with Gasteiger partial charge in [0.15, 0.2) is 5.71 Å². The largest absolute Gasteiger partial charge is 0.464 e. The molecular weight excluding hydrogens is 308 g/mol. The molecule has 118 valence electrons. The number of hydrogen-bond acceptors (Lipinski definition) is 8. The van der Waals surface area contributed by atoms with E-state index in [1.807, 2.05) is 0 Å². The van der Waals surface area contributed by atoms with Gasteiger partial charge in [-0.05, 0) is 6.07 Å². The van der Waals surface area contributed by atoms with E-state index in [4.69, 9.17) is 0 Å². The maximum atomic E-state index is 12.6. The lowest BCUT2D eigenvalue weighted by atomic mass is 9.99. The van der Waals surface area contributed by atoms with Crippen molar-refractivity contribution in [1.29, 1.82) is 0 Å². The highest BCUT2D eigenvalue weighted by molar-refractivity contribution is 6.46. The van der Waals surface area contributed by atoms with Crippen LogP contribution < -0.4 is 10.3 Å². The summed E-state index contributed by atoms with van der Waals surface area (Å²) < 4.78 is 4.53. The van der Waals surface area contributed by atoms with Gasteiger partial charge in [-0.1, -0.05) is 12.1 Å². The van der Waals surface area contributed by atoms with E-state index in [-0.39, 0.29) is 17.1 Å². The van der Waals surface area contributed by atoms with Gasteiger partial charge in [-0.3, -0.25) is 25.1 Å². The smallest absolute Gasteiger partial charge is 0.355 e. The summed E-state index contributed by atoms with van der Waals surface area (Å²) in [5, 5.41) is 14.8. The van der Waals surface area contributed by atoms with Crippen LogP contribution in [-0.2, 0) is 19.1 Å². The molecule has 1 aromatic carbocycles. The average Bonchev–Trinajstić information content (AvgIpc) is 3.08. The zero-order chi connectivity index (χ0) is 16.7. The fraction of sp³-hybridized carbons (Fsp3) is 0.231. The molecule has 1 saturated heterocycles. The normalized spacial score (nSPS) is 22.5. The third-order valence-electron chi connectivity index (χ3n) is 3.64. The van der Waals surface area contributed by atoms with Crippen molar-refractivity contribution in [2.24, 2.45) is 11.0 Å². The Labute approximate surface area is 128 Å². The molecule has 2 amide bonds. The van der Waals surface area contributed by atoms with E-state index in [9.17, 15) is 24.5 Å². The Morgan fingerprint density at radius 3 is 2.70 bits per heavy atom. The van der Waals surface area contributed by atoms with E-state index in [1.54, 1.807) is 0 Å². The fourth-order valence-electron chi connectivity index (χ4n) is 2.61. The van der Waals surface area contributed by atoms with Crippen LogP contribution in [0.25, 0.3) is 0 Å². The van der Waals surface area contributed by atoms with E-state index in [2.05, 4.69) is 15.3 Å². The molecule has 10 heteroatoms. The number of hydrogen-bond donors (Lipinski definition) is 1.